The van der Waals surface area contributed by atoms with Crippen LogP contribution in [0.25, 0.3) is 10.6 Å². The number of carbonyl (C=O) groups is 1. The van der Waals surface area contributed by atoms with Crippen molar-refractivity contribution in [3.8, 4) is 10.6 Å². The van der Waals surface area contributed by atoms with Gasteiger partial charge in [0.25, 0.3) is 5.91 Å². The Kier molecular flexibility index (Phi) is 5.05. The molecule has 0 spiro atoms. The number of H-pyrrole nitrogens is 1. The molecule has 3 heterocycles. The van der Waals surface area contributed by atoms with Gasteiger partial charge in [0.05, 0.1) is 28.7 Å². The Bertz CT molecular complexity index is 914. The molecule has 2 aromatic heterocycles. The third-order valence-electron chi connectivity index (χ3n) is 4.11. The molecule has 27 heavy (non-hydrogen) atoms. The lowest BCUT2D eigenvalue weighted by Crippen LogP contribution is -2.46. The van der Waals surface area contributed by atoms with Crippen molar-refractivity contribution in [3.05, 3.63) is 47.3 Å². The molecule has 1 amide bonds. The molecular weight excluding hydrogens is 364 g/mol. The van der Waals surface area contributed by atoms with Gasteiger partial charge in [0.2, 0.25) is 0 Å². The second-order valence-electron chi connectivity index (χ2n) is 6.12. The summed E-state index contributed by atoms with van der Waals surface area (Å²) in [6.07, 6.45) is 0.127. The number of rotatable bonds is 6. The quantitative estimate of drug-likeness (QED) is 0.445. The number of amides is 1. The smallest absolute Gasteiger partial charge is 0.258 e. The van der Waals surface area contributed by atoms with E-state index < -0.39 is 5.91 Å². The Morgan fingerprint density at radius 2 is 2.04 bits per heavy atom. The maximum atomic E-state index is 11.2. The van der Waals surface area contributed by atoms with Gasteiger partial charge >= 0.3 is 0 Å². The molecule has 0 saturated carbocycles. The maximum absolute atomic E-state index is 11.2. The minimum absolute atomic E-state index is 0.127. The zero-order valence-electron chi connectivity index (χ0n) is 14.5. The van der Waals surface area contributed by atoms with Crippen molar-refractivity contribution in [2.75, 3.05) is 30.4 Å². The molecule has 4 rings (SSSR count). The van der Waals surface area contributed by atoms with Crippen LogP contribution in [0.5, 0.6) is 0 Å². The third-order valence-corrected chi connectivity index (χ3v) is 5.25. The number of aromatic amines is 1. The number of nitrogens with two attached hydrogens (primary N) is 1. The fourth-order valence-electron chi connectivity index (χ4n) is 2.78. The van der Waals surface area contributed by atoms with Gasteiger partial charge in [-0.3, -0.25) is 15.2 Å². The van der Waals surface area contributed by atoms with Gasteiger partial charge in [-0.25, -0.2) is 0 Å². The fraction of sp³-hybridized carbons (Fsp3) is 0.222. The lowest BCUT2D eigenvalue weighted by Gasteiger charge is -2.25. The number of aromatic nitrogens is 2. The third kappa shape index (κ3) is 4.27. The van der Waals surface area contributed by atoms with Crippen LogP contribution >= 0.6 is 11.3 Å². The van der Waals surface area contributed by atoms with Crippen LogP contribution in [0, 0.1) is 0 Å². The maximum Gasteiger partial charge on any atom is 0.258 e. The van der Waals surface area contributed by atoms with Crippen molar-refractivity contribution in [2.24, 2.45) is 5.73 Å². The van der Waals surface area contributed by atoms with Gasteiger partial charge in [0, 0.05) is 24.0 Å². The summed E-state index contributed by atoms with van der Waals surface area (Å²) < 4.78 is 5.44. The molecular formula is C18H20N6O2S. The summed E-state index contributed by atoms with van der Waals surface area (Å²) in [5.74, 6) is 0.273. The molecule has 1 aliphatic rings. The highest BCUT2D eigenvalue weighted by Crippen LogP contribution is 2.28. The average Bonchev–Trinajstić information content (AvgIpc) is 3.34. The number of nitrogens with zero attached hydrogens (tertiary/aromatic N) is 1. The first kappa shape index (κ1) is 17.5. The Morgan fingerprint density at radius 3 is 2.74 bits per heavy atom. The fourth-order valence-corrected chi connectivity index (χ4v) is 3.61. The molecule has 6 N–H and O–H groups in total. The lowest BCUT2D eigenvalue weighted by molar-refractivity contribution is 0.0849. The van der Waals surface area contributed by atoms with E-state index in [4.69, 9.17) is 10.5 Å². The van der Waals surface area contributed by atoms with Crippen molar-refractivity contribution >= 4 is 34.4 Å². The summed E-state index contributed by atoms with van der Waals surface area (Å²) in [6, 6.07) is 13.4. The van der Waals surface area contributed by atoms with E-state index >= 15 is 0 Å². The first-order valence-corrected chi connectivity index (χ1v) is 9.39. The van der Waals surface area contributed by atoms with E-state index in [1.807, 2.05) is 36.4 Å². The van der Waals surface area contributed by atoms with E-state index in [0.29, 0.717) is 17.3 Å². The minimum atomic E-state index is -0.423. The number of benzene rings is 1. The van der Waals surface area contributed by atoms with Gasteiger partial charge < -0.3 is 21.1 Å². The molecule has 1 unspecified atom stereocenters. The van der Waals surface area contributed by atoms with Crippen LogP contribution in [0.4, 0.5) is 17.2 Å². The minimum Gasteiger partial charge on any atom is -0.377 e. The van der Waals surface area contributed by atoms with Crippen LogP contribution in [-0.2, 0) is 4.74 Å². The number of nitrogens with one attached hydrogen (secondary N) is 4. The summed E-state index contributed by atoms with van der Waals surface area (Å²) in [5, 5.41) is 17.2. The number of hydrogen-bond acceptors (Lipinski definition) is 7. The van der Waals surface area contributed by atoms with Crippen LogP contribution in [0.2, 0.25) is 0 Å². The van der Waals surface area contributed by atoms with Crippen molar-refractivity contribution in [1.82, 2.24) is 15.5 Å². The SMILES string of the molecule is NC(=O)c1ccc(-c2cc(Nc3ccc(NC4COCCN4)cc3)n[nH]2)s1. The zero-order chi connectivity index (χ0) is 18.6. The molecule has 0 bridgehead atoms. The Labute approximate surface area is 160 Å². The Morgan fingerprint density at radius 1 is 1.22 bits per heavy atom. The summed E-state index contributed by atoms with van der Waals surface area (Å²) in [5.41, 5.74) is 8.08. The van der Waals surface area contributed by atoms with E-state index in [-0.39, 0.29) is 6.17 Å². The standard InChI is InChI=1S/C18H20N6O2S/c19-18(25)15-6-5-14(27-15)13-9-16(24-23-13)21-11-1-3-12(4-2-11)22-17-10-26-8-7-20-17/h1-6,9,17,20,22H,7-8,10H2,(H2,19,25)(H2,21,23,24). The summed E-state index contributed by atoms with van der Waals surface area (Å²) in [6.45, 7) is 2.25. The van der Waals surface area contributed by atoms with Crippen molar-refractivity contribution < 1.29 is 9.53 Å². The Hall–Kier alpha value is -2.88. The first-order valence-electron chi connectivity index (χ1n) is 8.57. The average molecular weight is 384 g/mol. The van der Waals surface area contributed by atoms with E-state index in [2.05, 4.69) is 26.1 Å². The normalized spacial score (nSPS) is 16.8. The van der Waals surface area contributed by atoms with Gasteiger partial charge in [0.15, 0.2) is 5.82 Å². The van der Waals surface area contributed by atoms with Gasteiger partial charge in [-0.2, -0.15) is 5.10 Å². The summed E-state index contributed by atoms with van der Waals surface area (Å²) in [7, 11) is 0. The summed E-state index contributed by atoms with van der Waals surface area (Å²) in [4.78, 5) is 12.7. The van der Waals surface area contributed by atoms with Crippen molar-refractivity contribution in [1.29, 1.82) is 0 Å². The Balaban J connectivity index is 1.39. The predicted molar refractivity (Wildman–Crippen MR) is 106 cm³/mol. The molecule has 140 valence electrons. The van der Waals surface area contributed by atoms with Crippen LogP contribution in [-0.4, -0.2) is 42.0 Å². The van der Waals surface area contributed by atoms with Crippen molar-refractivity contribution in [3.63, 3.8) is 0 Å². The molecule has 1 atom stereocenters. The van der Waals surface area contributed by atoms with Gasteiger partial charge in [-0.15, -0.1) is 11.3 Å². The topological polar surface area (TPSA) is 117 Å². The van der Waals surface area contributed by atoms with E-state index in [1.54, 1.807) is 6.07 Å². The zero-order valence-corrected chi connectivity index (χ0v) is 15.3. The highest BCUT2D eigenvalue weighted by Gasteiger charge is 2.12. The second kappa shape index (κ2) is 7.78. The first-order chi connectivity index (χ1) is 13.2. The van der Waals surface area contributed by atoms with Crippen LogP contribution in [0.1, 0.15) is 9.67 Å². The van der Waals surface area contributed by atoms with E-state index in [1.165, 1.54) is 11.3 Å². The monoisotopic (exact) mass is 384 g/mol. The summed E-state index contributed by atoms with van der Waals surface area (Å²) >= 11 is 1.33. The van der Waals surface area contributed by atoms with Crippen LogP contribution in [0.15, 0.2) is 42.5 Å². The van der Waals surface area contributed by atoms with Gasteiger partial charge in [-0.05, 0) is 36.4 Å². The molecule has 1 fully saturated rings. The lowest BCUT2D eigenvalue weighted by atomic mass is 10.2. The second-order valence-corrected chi connectivity index (χ2v) is 7.21. The van der Waals surface area contributed by atoms with E-state index in [9.17, 15) is 4.79 Å². The van der Waals surface area contributed by atoms with E-state index in [0.717, 1.165) is 35.1 Å². The largest absolute Gasteiger partial charge is 0.377 e. The molecule has 0 radical (unpaired) electrons. The molecule has 1 aromatic carbocycles. The molecule has 3 aromatic rings. The number of primary amides is 1. The molecule has 0 aliphatic carbocycles. The molecule has 1 saturated heterocycles. The van der Waals surface area contributed by atoms with Crippen molar-refractivity contribution in [2.45, 2.75) is 6.17 Å². The van der Waals surface area contributed by atoms with Gasteiger partial charge in [0.1, 0.15) is 6.17 Å². The molecule has 8 nitrogen and oxygen atoms in total. The number of thiophene rings is 1. The molecule has 1 aliphatic heterocycles. The molecule has 9 heteroatoms. The number of morpholine rings is 1. The van der Waals surface area contributed by atoms with Gasteiger partial charge in [-0.1, -0.05) is 0 Å². The number of ether oxygens (including phenoxy) is 1. The number of carbonyl (C=O) groups excluding carboxylic acids is 1. The predicted octanol–water partition coefficient (Wildman–Crippen LogP) is 2.34. The number of anilines is 3. The highest BCUT2D eigenvalue weighted by molar-refractivity contribution is 7.17. The highest BCUT2D eigenvalue weighted by atomic mass is 32.1. The van der Waals surface area contributed by atoms with Crippen LogP contribution in [0.3, 0.4) is 0 Å². The number of hydrogen-bond donors (Lipinski definition) is 5. The van der Waals surface area contributed by atoms with Crippen LogP contribution < -0.4 is 21.7 Å².